The fraction of sp³-hybridized carbons (Fsp3) is 0.188. The Kier molecular flexibility index (Phi) is 8.57. The molecule has 0 bridgehead atoms. The molecule has 0 amide bonds. The number of fused-ring (bicyclic) bond motifs is 1. The van der Waals surface area contributed by atoms with Crippen molar-refractivity contribution >= 4 is 35.0 Å². The molecule has 8 nitrogen and oxygen atoms in total. The smallest absolute Gasteiger partial charge is 0.338 e. The average Bonchev–Trinajstić information content (AvgIpc) is 3.30. The number of halogens is 1. The number of para-hydroxylation sites is 1. The molecule has 0 radical (unpaired) electrons. The summed E-state index contributed by atoms with van der Waals surface area (Å²) in [6.45, 7) is 3.74. The van der Waals surface area contributed by atoms with Crippen LogP contribution in [0.15, 0.2) is 87.8 Å². The van der Waals surface area contributed by atoms with Gasteiger partial charge in [0, 0.05) is 16.1 Å². The van der Waals surface area contributed by atoms with Crippen molar-refractivity contribution in [2.24, 2.45) is 4.99 Å². The van der Waals surface area contributed by atoms with E-state index in [4.69, 9.17) is 25.8 Å². The Morgan fingerprint density at radius 1 is 1.14 bits per heavy atom. The quantitative estimate of drug-likeness (QED) is 0.267. The summed E-state index contributed by atoms with van der Waals surface area (Å²) in [6.07, 6.45) is 1.71. The largest absolute Gasteiger partial charge is 0.493 e. The van der Waals surface area contributed by atoms with Crippen molar-refractivity contribution in [1.29, 1.82) is 5.26 Å². The third kappa shape index (κ3) is 5.47. The van der Waals surface area contributed by atoms with Crippen LogP contribution in [0, 0.1) is 11.3 Å². The van der Waals surface area contributed by atoms with Gasteiger partial charge in [-0.1, -0.05) is 71.5 Å². The van der Waals surface area contributed by atoms with E-state index in [2.05, 4.69) is 11.1 Å². The number of thiazole rings is 1. The first-order valence-corrected chi connectivity index (χ1v) is 14.3. The molecule has 0 N–H and O–H groups in total. The second kappa shape index (κ2) is 12.5. The van der Waals surface area contributed by atoms with Gasteiger partial charge in [-0.15, -0.1) is 0 Å². The van der Waals surface area contributed by atoms with E-state index in [1.165, 1.54) is 23.0 Å². The van der Waals surface area contributed by atoms with Gasteiger partial charge in [-0.05, 0) is 43.7 Å². The molecule has 0 saturated carbocycles. The van der Waals surface area contributed by atoms with Gasteiger partial charge in [0.05, 0.1) is 41.2 Å². The molecule has 2 heterocycles. The number of carbonyl (C=O) groups excluding carboxylic acids is 1. The second-order valence-corrected chi connectivity index (χ2v) is 10.7. The molecule has 0 unspecified atom stereocenters. The highest BCUT2D eigenvalue weighted by atomic mass is 35.5. The minimum Gasteiger partial charge on any atom is -0.493 e. The topological polar surface area (TPSA) is 103 Å². The summed E-state index contributed by atoms with van der Waals surface area (Å²) in [7, 11) is 1.53. The molecule has 3 aromatic carbocycles. The van der Waals surface area contributed by atoms with Gasteiger partial charge < -0.3 is 14.2 Å². The van der Waals surface area contributed by atoms with Crippen LogP contribution in [0.4, 0.5) is 0 Å². The number of nitriles is 1. The highest BCUT2D eigenvalue weighted by Crippen LogP contribution is 2.35. The molecule has 1 atom stereocenters. The second-order valence-electron chi connectivity index (χ2n) is 9.26. The van der Waals surface area contributed by atoms with Gasteiger partial charge >= 0.3 is 5.97 Å². The Labute approximate surface area is 251 Å². The molecule has 0 saturated heterocycles. The van der Waals surface area contributed by atoms with Crippen LogP contribution in [0.5, 0.6) is 11.5 Å². The maximum Gasteiger partial charge on any atom is 0.338 e. The van der Waals surface area contributed by atoms with Gasteiger partial charge in [-0.25, -0.2) is 9.79 Å². The Hall–Kier alpha value is -4.65. The number of ether oxygens (including phenoxy) is 3. The third-order valence-electron chi connectivity index (χ3n) is 6.74. The molecule has 1 aliphatic rings. The predicted octanol–water partition coefficient (Wildman–Crippen LogP) is 4.91. The molecular formula is C32H26ClN3O5S. The van der Waals surface area contributed by atoms with Crippen molar-refractivity contribution in [3.63, 3.8) is 0 Å². The van der Waals surface area contributed by atoms with Crippen LogP contribution >= 0.6 is 22.9 Å². The number of benzene rings is 3. The Morgan fingerprint density at radius 3 is 2.64 bits per heavy atom. The maximum atomic E-state index is 14.0. The van der Waals surface area contributed by atoms with Crippen LogP contribution < -0.4 is 24.4 Å². The minimum atomic E-state index is -0.820. The van der Waals surface area contributed by atoms with Crippen molar-refractivity contribution in [2.45, 2.75) is 26.5 Å². The van der Waals surface area contributed by atoms with Gasteiger partial charge in [0.15, 0.2) is 16.3 Å². The molecule has 5 rings (SSSR count). The number of allylic oxidation sites excluding steroid dienone is 1. The highest BCUT2D eigenvalue weighted by molar-refractivity contribution is 7.07. The minimum absolute atomic E-state index is 0.126. The van der Waals surface area contributed by atoms with Crippen molar-refractivity contribution in [2.75, 3.05) is 13.7 Å². The lowest BCUT2D eigenvalue weighted by Crippen LogP contribution is -2.40. The molecular weight excluding hydrogens is 574 g/mol. The molecule has 1 aromatic heterocycles. The van der Waals surface area contributed by atoms with E-state index in [1.54, 1.807) is 68.5 Å². The zero-order valence-corrected chi connectivity index (χ0v) is 24.7. The summed E-state index contributed by atoms with van der Waals surface area (Å²) < 4.78 is 19.0. The molecule has 0 aliphatic carbocycles. The first-order valence-electron chi connectivity index (χ1n) is 13.1. The first-order chi connectivity index (χ1) is 20.4. The molecule has 212 valence electrons. The molecule has 42 heavy (non-hydrogen) atoms. The van der Waals surface area contributed by atoms with Gasteiger partial charge in [0.25, 0.3) is 5.56 Å². The number of nitrogens with zero attached hydrogens (tertiary/aromatic N) is 3. The summed E-state index contributed by atoms with van der Waals surface area (Å²) in [5, 5.41) is 9.89. The predicted molar refractivity (Wildman–Crippen MR) is 160 cm³/mol. The SMILES string of the molecule is CCOC(=O)C1=C(C)N=c2s/c(=C\c3cccc(OC)c3OCc3ccccc3C#N)c(=O)n2[C@H]1c1ccccc1Cl. The van der Waals surface area contributed by atoms with E-state index in [0.29, 0.717) is 48.2 Å². The van der Waals surface area contributed by atoms with Gasteiger partial charge in [0.1, 0.15) is 12.6 Å². The Bertz CT molecular complexity index is 1940. The van der Waals surface area contributed by atoms with E-state index in [0.717, 1.165) is 5.56 Å². The van der Waals surface area contributed by atoms with E-state index in [1.807, 2.05) is 18.2 Å². The normalized spacial score (nSPS) is 14.5. The van der Waals surface area contributed by atoms with E-state index in [-0.39, 0.29) is 24.3 Å². The first kappa shape index (κ1) is 28.9. The summed E-state index contributed by atoms with van der Waals surface area (Å²) in [5.41, 5.74) is 2.78. The lowest BCUT2D eigenvalue weighted by molar-refractivity contribution is -0.139. The van der Waals surface area contributed by atoms with Crippen LogP contribution in [0.2, 0.25) is 5.02 Å². The zero-order valence-electron chi connectivity index (χ0n) is 23.1. The summed E-state index contributed by atoms with van der Waals surface area (Å²) in [5.74, 6) is 0.337. The van der Waals surface area contributed by atoms with Crippen LogP contribution in [-0.4, -0.2) is 24.3 Å². The summed E-state index contributed by atoms with van der Waals surface area (Å²) in [6, 6.07) is 21.0. The fourth-order valence-electron chi connectivity index (χ4n) is 4.79. The van der Waals surface area contributed by atoms with Gasteiger partial charge in [-0.3, -0.25) is 9.36 Å². The van der Waals surface area contributed by atoms with Crippen LogP contribution in [0.1, 0.15) is 42.1 Å². The number of hydrogen-bond donors (Lipinski definition) is 0. The summed E-state index contributed by atoms with van der Waals surface area (Å²) in [4.78, 5) is 32.2. The van der Waals surface area contributed by atoms with E-state index >= 15 is 0 Å². The lowest BCUT2D eigenvalue weighted by atomic mass is 9.96. The number of aromatic nitrogens is 1. The maximum absolute atomic E-state index is 14.0. The number of esters is 1. The molecule has 1 aliphatic heterocycles. The lowest BCUT2D eigenvalue weighted by Gasteiger charge is -2.25. The van der Waals surface area contributed by atoms with Gasteiger partial charge in [0.2, 0.25) is 0 Å². The van der Waals surface area contributed by atoms with E-state index in [9.17, 15) is 14.9 Å². The number of hydrogen-bond acceptors (Lipinski definition) is 8. The van der Waals surface area contributed by atoms with Crippen LogP contribution in [0.3, 0.4) is 0 Å². The molecule has 4 aromatic rings. The zero-order chi connectivity index (χ0) is 29.8. The molecule has 10 heteroatoms. The van der Waals surface area contributed by atoms with Crippen molar-refractivity contribution < 1.29 is 19.0 Å². The molecule has 0 fully saturated rings. The highest BCUT2D eigenvalue weighted by Gasteiger charge is 2.34. The Morgan fingerprint density at radius 2 is 1.90 bits per heavy atom. The number of carbonyl (C=O) groups is 1. The fourth-order valence-corrected chi connectivity index (χ4v) is 6.07. The Balaban J connectivity index is 1.65. The average molecular weight is 600 g/mol. The van der Waals surface area contributed by atoms with Crippen LogP contribution in [-0.2, 0) is 16.1 Å². The number of rotatable bonds is 8. The van der Waals surface area contributed by atoms with Crippen LogP contribution in [0.25, 0.3) is 6.08 Å². The van der Waals surface area contributed by atoms with Gasteiger partial charge in [-0.2, -0.15) is 5.26 Å². The number of methoxy groups -OCH3 is 1. The third-order valence-corrected chi connectivity index (χ3v) is 8.07. The van der Waals surface area contributed by atoms with Crippen molar-refractivity contribution in [1.82, 2.24) is 4.57 Å². The van der Waals surface area contributed by atoms with Crippen molar-refractivity contribution in [3.8, 4) is 17.6 Å². The van der Waals surface area contributed by atoms with Crippen molar-refractivity contribution in [3.05, 3.63) is 125 Å². The molecule has 0 spiro atoms. The summed E-state index contributed by atoms with van der Waals surface area (Å²) >= 11 is 7.79. The monoisotopic (exact) mass is 599 g/mol. The standard InChI is InChI=1S/C32H26ClN3O5S/c1-4-40-31(38)27-19(2)35-32-36(28(27)23-13-7-8-14-24(23)33)30(37)26(42-32)16-20-12-9-15-25(39-3)29(20)41-18-22-11-6-5-10-21(22)17-34/h5-16,28H,4,18H2,1-3H3/b26-16-/t28-/m0/s1. The van der Waals surface area contributed by atoms with E-state index < -0.39 is 12.0 Å².